The summed E-state index contributed by atoms with van der Waals surface area (Å²) in [6, 6.07) is 14.9. The average Bonchev–Trinajstić information content (AvgIpc) is 3.19. The molecule has 1 aliphatic rings. The van der Waals surface area contributed by atoms with Crippen molar-refractivity contribution in [2.75, 3.05) is 31.6 Å². The van der Waals surface area contributed by atoms with E-state index < -0.39 is 16.1 Å². The molecule has 1 unspecified atom stereocenters. The van der Waals surface area contributed by atoms with Gasteiger partial charge in [-0.1, -0.05) is 24.3 Å². The van der Waals surface area contributed by atoms with Crippen molar-refractivity contribution in [3.8, 4) is 0 Å². The first kappa shape index (κ1) is 20.4. The zero-order valence-electron chi connectivity index (χ0n) is 16.5. The van der Waals surface area contributed by atoms with Gasteiger partial charge in [-0.15, -0.1) is 0 Å². The molecule has 3 aromatic rings. The number of urea groups is 1. The monoisotopic (exact) mass is 429 g/mol. The fourth-order valence-corrected chi connectivity index (χ4v) is 4.78. The number of morpholine rings is 1. The van der Waals surface area contributed by atoms with Crippen LogP contribution in [0.15, 0.2) is 63.9 Å². The van der Waals surface area contributed by atoms with Crippen molar-refractivity contribution in [3.05, 3.63) is 60.4 Å². The normalized spacial score (nSPS) is 16.3. The van der Waals surface area contributed by atoms with Crippen molar-refractivity contribution in [2.24, 2.45) is 0 Å². The Balaban J connectivity index is 1.43. The molecule has 1 aliphatic heterocycles. The zero-order valence-corrected chi connectivity index (χ0v) is 17.3. The summed E-state index contributed by atoms with van der Waals surface area (Å²) in [4.78, 5) is 12.6. The number of anilines is 1. The number of para-hydroxylation sites is 1. The van der Waals surface area contributed by atoms with E-state index in [1.54, 1.807) is 12.1 Å². The van der Waals surface area contributed by atoms with Gasteiger partial charge in [0, 0.05) is 24.2 Å². The largest absolute Gasteiger partial charge is 0.459 e. The molecule has 0 saturated carbocycles. The fourth-order valence-electron chi connectivity index (χ4n) is 3.32. The second kappa shape index (κ2) is 8.47. The Labute approximate surface area is 174 Å². The number of furan rings is 1. The Kier molecular flexibility index (Phi) is 5.76. The molecular weight excluding hydrogens is 406 g/mol. The summed E-state index contributed by atoms with van der Waals surface area (Å²) in [6.45, 7) is 3.19. The number of carbonyl (C=O) groups excluding carboxylic acids is 1. The maximum absolute atomic E-state index is 12.8. The van der Waals surface area contributed by atoms with Crippen LogP contribution in [0.1, 0.15) is 18.7 Å². The lowest BCUT2D eigenvalue weighted by atomic mass is 10.2. The molecule has 2 amide bonds. The number of hydrogen-bond donors (Lipinski definition) is 2. The maximum atomic E-state index is 12.8. The van der Waals surface area contributed by atoms with Crippen molar-refractivity contribution in [3.63, 3.8) is 0 Å². The second-order valence-corrected chi connectivity index (χ2v) is 8.99. The van der Waals surface area contributed by atoms with Crippen LogP contribution >= 0.6 is 0 Å². The first-order valence-electron chi connectivity index (χ1n) is 9.67. The van der Waals surface area contributed by atoms with Crippen molar-refractivity contribution < 1.29 is 22.4 Å². The van der Waals surface area contributed by atoms with E-state index in [-0.39, 0.29) is 10.9 Å². The van der Waals surface area contributed by atoms with E-state index in [2.05, 4.69) is 10.6 Å². The lowest BCUT2D eigenvalue weighted by Gasteiger charge is -2.26. The molecule has 2 aromatic carbocycles. The standard InChI is InChI=1S/C21H23N3O5S/c1-15(20-13-16-5-2-3-8-19(16)29-20)22-21(25)23-17-6-4-7-18(14-17)30(26,27)24-9-11-28-12-10-24/h2-8,13-15H,9-12H2,1H3,(H2,22,23,25). The Bertz CT molecular complexity index is 1120. The van der Waals surface area contributed by atoms with Gasteiger partial charge in [-0.25, -0.2) is 13.2 Å². The van der Waals surface area contributed by atoms with E-state index in [0.29, 0.717) is 37.8 Å². The Morgan fingerprint density at radius 1 is 1.07 bits per heavy atom. The summed E-state index contributed by atoms with van der Waals surface area (Å²) in [5.41, 5.74) is 1.14. The van der Waals surface area contributed by atoms with Crippen LogP contribution in [0.2, 0.25) is 0 Å². The number of ether oxygens (including phenoxy) is 1. The summed E-state index contributed by atoms with van der Waals surface area (Å²) in [7, 11) is -3.63. The van der Waals surface area contributed by atoms with Crippen LogP contribution in [0.25, 0.3) is 11.0 Å². The molecule has 1 fully saturated rings. The number of fused-ring (bicyclic) bond motifs is 1. The smallest absolute Gasteiger partial charge is 0.319 e. The molecule has 0 spiro atoms. The first-order valence-corrected chi connectivity index (χ1v) is 11.1. The zero-order chi connectivity index (χ0) is 21.1. The van der Waals surface area contributed by atoms with E-state index in [4.69, 9.17) is 9.15 Å². The molecule has 2 N–H and O–H groups in total. The highest BCUT2D eigenvalue weighted by Crippen LogP contribution is 2.24. The van der Waals surface area contributed by atoms with Crippen molar-refractivity contribution in [2.45, 2.75) is 17.9 Å². The topological polar surface area (TPSA) is 101 Å². The molecule has 1 aromatic heterocycles. The molecule has 2 heterocycles. The quantitative estimate of drug-likeness (QED) is 0.648. The Morgan fingerprint density at radius 3 is 2.60 bits per heavy atom. The van der Waals surface area contributed by atoms with Gasteiger partial charge in [-0.2, -0.15) is 4.31 Å². The summed E-state index contributed by atoms with van der Waals surface area (Å²) < 4.78 is 38.0. The highest BCUT2D eigenvalue weighted by atomic mass is 32.2. The van der Waals surface area contributed by atoms with Crippen LogP contribution in [0.5, 0.6) is 0 Å². The van der Waals surface area contributed by atoms with E-state index in [1.165, 1.54) is 16.4 Å². The minimum absolute atomic E-state index is 0.132. The lowest BCUT2D eigenvalue weighted by molar-refractivity contribution is 0.0730. The number of hydrogen-bond acceptors (Lipinski definition) is 5. The van der Waals surface area contributed by atoms with E-state index in [0.717, 1.165) is 11.0 Å². The second-order valence-electron chi connectivity index (χ2n) is 7.05. The molecule has 1 atom stereocenters. The highest BCUT2D eigenvalue weighted by Gasteiger charge is 2.26. The van der Waals surface area contributed by atoms with Gasteiger partial charge in [0.2, 0.25) is 10.0 Å². The SMILES string of the molecule is CC(NC(=O)Nc1cccc(S(=O)(=O)N2CCOCC2)c1)c1cc2ccccc2o1. The molecule has 0 aliphatic carbocycles. The minimum atomic E-state index is -3.63. The van der Waals surface area contributed by atoms with Crippen molar-refractivity contribution >= 4 is 32.7 Å². The van der Waals surface area contributed by atoms with Gasteiger partial charge in [0.1, 0.15) is 11.3 Å². The number of nitrogens with zero attached hydrogens (tertiary/aromatic N) is 1. The van der Waals surface area contributed by atoms with E-state index in [1.807, 2.05) is 37.3 Å². The van der Waals surface area contributed by atoms with Gasteiger partial charge in [-0.05, 0) is 37.3 Å². The van der Waals surface area contributed by atoms with Crippen LogP contribution in [0, 0.1) is 0 Å². The van der Waals surface area contributed by atoms with Crippen molar-refractivity contribution in [1.29, 1.82) is 0 Å². The Hall–Kier alpha value is -2.88. The van der Waals surface area contributed by atoms with Gasteiger partial charge >= 0.3 is 6.03 Å². The number of benzene rings is 2. The highest BCUT2D eigenvalue weighted by molar-refractivity contribution is 7.89. The molecule has 8 nitrogen and oxygen atoms in total. The third kappa shape index (κ3) is 4.33. The summed E-state index contributed by atoms with van der Waals surface area (Å²) in [5.74, 6) is 0.634. The van der Waals surface area contributed by atoms with Gasteiger partial charge in [0.05, 0.1) is 24.2 Å². The minimum Gasteiger partial charge on any atom is -0.459 e. The average molecular weight is 429 g/mol. The molecule has 0 radical (unpaired) electrons. The summed E-state index contributed by atoms with van der Waals surface area (Å²) in [5, 5.41) is 6.46. The number of amides is 2. The Morgan fingerprint density at radius 2 is 1.83 bits per heavy atom. The van der Waals surface area contributed by atoms with Gasteiger partial charge in [0.25, 0.3) is 0 Å². The van der Waals surface area contributed by atoms with Crippen LogP contribution in [0.3, 0.4) is 0 Å². The number of rotatable bonds is 5. The number of nitrogens with one attached hydrogen (secondary N) is 2. The van der Waals surface area contributed by atoms with E-state index >= 15 is 0 Å². The third-order valence-electron chi connectivity index (χ3n) is 4.92. The molecule has 0 bridgehead atoms. The summed E-state index contributed by atoms with van der Waals surface area (Å²) >= 11 is 0. The maximum Gasteiger partial charge on any atom is 0.319 e. The number of carbonyl (C=O) groups is 1. The first-order chi connectivity index (χ1) is 14.4. The van der Waals surface area contributed by atoms with Crippen LogP contribution in [0.4, 0.5) is 10.5 Å². The molecule has 4 rings (SSSR count). The van der Waals surface area contributed by atoms with E-state index in [9.17, 15) is 13.2 Å². The van der Waals surface area contributed by atoms with Crippen molar-refractivity contribution in [1.82, 2.24) is 9.62 Å². The fraction of sp³-hybridized carbons (Fsp3) is 0.286. The van der Waals surface area contributed by atoms with Gasteiger partial charge in [-0.3, -0.25) is 0 Å². The molecule has 158 valence electrons. The molecule has 30 heavy (non-hydrogen) atoms. The predicted molar refractivity (Wildman–Crippen MR) is 113 cm³/mol. The predicted octanol–water partition coefficient (Wildman–Crippen LogP) is 3.34. The molecule has 9 heteroatoms. The van der Waals surface area contributed by atoms with Crippen LogP contribution < -0.4 is 10.6 Å². The third-order valence-corrected chi connectivity index (χ3v) is 6.81. The van der Waals surface area contributed by atoms with Crippen LogP contribution in [-0.2, 0) is 14.8 Å². The lowest BCUT2D eigenvalue weighted by Crippen LogP contribution is -2.40. The van der Waals surface area contributed by atoms with Gasteiger partial charge in [0.15, 0.2) is 0 Å². The van der Waals surface area contributed by atoms with Gasteiger partial charge < -0.3 is 19.8 Å². The molecule has 1 saturated heterocycles. The van der Waals surface area contributed by atoms with Crippen LogP contribution in [-0.4, -0.2) is 45.1 Å². The molecular formula is C21H23N3O5S. The number of sulfonamides is 1. The summed E-state index contributed by atoms with van der Waals surface area (Å²) in [6.07, 6.45) is 0.